The first-order chi connectivity index (χ1) is 5.16. The zero-order valence-electron chi connectivity index (χ0n) is 6.19. The Kier molecular flexibility index (Phi) is 1.27. The minimum atomic E-state index is -2.37. The van der Waals surface area contributed by atoms with Crippen LogP contribution in [0.4, 0.5) is 8.78 Å². The van der Waals surface area contributed by atoms with Gasteiger partial charge in [0.25, 0.3) is 5.92 Å². The van der Waals surface area contributed by atoms with E-state index in [2.05, 4.69) is 5.92 Å². The predicted molar refractivity (Wildman–Crippen MR) is 38.1 cm³/mol. The van der Waals surface area contributed by atoms with Crippen LogP contribution in [0.25, 0.3) is 0 Å². The van der Waals surface area contributed by atoms with Crippen LogP contribution in [-0.4, -0.2) is 5.92 Å². The summed E-state index contributed by atoms with van der Waals surface area (Å²) in [5, 5.41) is 0. The summed E-state index contributed by atoms with van der Waals surface area (Å²) >= 11 is 0. The molecule has 0 radical (unpaired) electrons. The van der Waals surface area contributed by atoms with Crippen LogP contribution in [0.5, 0.6) is 0 Å². The van der Waals surface area contributed by atoms with Gasteiger partial charge < -0.3 is 0 Å². The van der Waals surface area contributed by atoms with E-state index in [0.29, 0.717) is 12.8 Å². The van der Waals surface area contributed by atoms with Gasteiger partial charge >= 0.3 is 0 Å². The second-order valence-corrected chi connectivity index (χ2v) is 3.56. The molecule has 0 aromatic rings. The highest BCUT2D eigenvalue weighted by atomic mass is 19.3. The summed E-state index contributed by atoms with van der Waals surface area (Å²) in [6, 6.07) is 0. The maximum absolute atomic E-state index is 12.7. The van der Waals surface area contributed by atoms with Gasteiger partial charge in [-0.2, -0.15) is 0 Å². The molecule has 0 nitrogen and oxygen atoms in total. The maximum Gasteiger partial charge on any atom is 0.254 e. The molecular formula is C9H10F2. The van der Waals surface area contributed by atoms with Crippen LogP contribution in [-0.2, 0) is 0 Å². The van der Waals surface area contributed by atoms with Crippen molar-refractivity contribution in [3.8, 4) is 12.3 Å². The third kappa shape index (κ3) is 0.870. The van der Waals surface area contributed by atoms with Crippen molar-refractivity contribution in [2.45, 2.75) is 25.2 Å². The third-order valence-electron chi connectivity index (χ3n) is 2.97. The highest BCUT2D eigenvalue weighted by Crippen LogP contribution is 2.63. The lowest BCUT2D eigenvalue weighted by Crippen LogP contribution is -2.05. The van der Waals surface area contributed by atoms with E-state index in [9.17, 15) is 8.78 Å². The van der Waals surface area contributed by atoms with Crippen molar-refractivity contribution < 1.29 is 8.78 Å². The molecule has 60 valence electrons. The Morgan fingerprint density at radius 1 is 1.27 bits per heavy atom. The summed E-state index contributed by atoms with van der Waals surface area (Å²) in [7, 11) is 0. The largest absolute Gasteiger partial charge is 0.254 e. The molecule has 0 saturated heterocycles. The Morgan fingerprint density at radius 2 is 2.00 bits per heavy atom. The second-order valence-electron chi connectivity index (χ2n) is 3.56. The molecule has 0 aliphatic heterocycles. The SMILES string of the molecule is C#CC1CCC2C(C1)C2(F)F. The summed E-state index contributed by atoms with van der Waals surface area (Å²) in [6.45, 7) is 0. The lowest BCUT2D eigenvalue weighted by Gasteiger charge is -2.12. The van der Waals surface area contributed by atoms with Gasteiger partial charge in [-0.05, 0) is 19.3 Å². The van der Waals surface area contributed by atoms with Gasteiger partial charge in [0.1, 0.15) is 0 Å². The number of alkyl halides is 2. The van der Waals surface area contributed by atoms with Crippen molar-refractivity contribution in [3.63, 3.8) is 0 Å². The van der Waals surface area contributed by atoms with E-state index in [1.807, 2.05) is 0 Å². The third-order valence-corrected chi connectivity index (χ3v) is 2.97. The summed E-state index contributed by atoms with van der Waals surface area (Å²) in [5.41, 5.74) is 0. The second kappa shape index (κ2) is 1.97. The summed E-state index contributed by atoms with van der Waals surface area (Å²) < 4.78 is 25.5. The summed E-state index contributed by atoms with van der Waals surface area (Å²) in [5.74, 6) is -0.393. The van der Waals surface area contributed by atoms with Gasteiger partial charge in [-0.15, -0.1) is 12.3 Å². The maximum atomic E-state index is 12.7. The van der Waals surface area contributed by atoms with Gasteiger partial charge in [0.15, 0.2) is 0 Å². The van der Waals surface area contributed by atoms with Crippen LogP contribution in [0, 0.1) is 30.1 Å². The quantitative estimate of drug-likeness (QED) is 0.472. The number of hydrogen-bond acceptors (Lipinski definition) is 0. The topological polar surface area (TPSA) is 0 Å². The monoisotopic (exact) mass is 156 g/mol. The Hall–Kier alpha value is -0.580. The van der Waals surface area contributed by atoms with Gasteiger partial charge in [0, 0.05) is 17.8 Å². The van der Waals surface area contributed by atoms with Crippen molar-refractivity contribution in [1.29, 1.82) is 0 Å². The lowest BCUT2D eigenvalue weighted by atomic mass is 9.90. The Bertz CT molecular complexity index is 214. The molecule has 11 heavy (non-hydrogen) atoms. The molecule has 0 heterocycles. The zero-order valence-corrected chi connectivity index (χ0v) is 6.19. The highest BCUT2D eigenvalue weighted by molar-refractivity contribution is 5.12. The lowest BCUT2D eigenvalue weighted by molar-refractivity contribution is 0.0847. The number of terminal acetylenes is 1. The van der Waals surface area contributed by atoms with E-state index in [0.717, 1.165) is 6.42 Å². The minimum absolute atomic E-state index is 0.115. The number of hydrogen-bond donors (Lipinski definition) is 0. The van der Waals surface area contributed by atoms with Crippen LogP contribution in [0.3, 0.4) is 0 Å². The minimum Gasteiger partial charge on any atom is -0.206 e. The molecule has 2 fully saturated rings. The zero-order chi connectivity index (χ0) is 8.06. The fourth-order valence-electron chi connectivity index (χ4n) is 2.13. The van der Waals surface area contributed by atoms with E-state index in [4.69, 9.17) is 6.42 Å². The highest BCUT2D eigenvalue weighted by Gasteiger charge is 2.68. The van der Waals surface area contributed by atoms with Crippen LogP contribution in [0.15, 0.2) is 0 Å². The molecule has 2 rings (SSSR count). The van der Waals surface area contributed by atoms with Gasteiger partial charge in [0.05, 0.1) is 0 Å². The molecule has 0 spiro atoms. The number of halogens is 2. The number of rotatable bonds is 0. The molecule has 0 bridgehead atoms. The molecule has 3 atom stereocenters. The molecule has 0 amide bonds. The molecule has 2 aliphatic carbocycles. The fraction of sp³-hybridized carbons (Fsp3) is 0.778. The molecule has 2 saturated carbocycles. The van der Waals surface area contributed by atoms with Crippen molar-refractivity contribution in [3.05, 3.63) is 0 Å². The molecule has 2 heteroatoms. The van der Waals surface area contributed by atoms with E-state index >= 15 is 0 Å². The van der Waals surface area contributed by atoms with Crippen molar-refractivity contribution in [1.82, 2.24) is 0 Å². The molecule has 3 unspecified atom stereocenters. The summed E-state index contributed by atoms with van der Waals surface area (Å²) in [6.07, 6.45) is 7.16. The van der Waals surface area contributed by atoms with Crippen LogP contribution < -0.4 is 0 Å². The first-order valence-corrected chi connectivity index (χ1v) is 4.00. The molecule has 2 aliphatic rings. The normalized spacial score (nSPS) is 45.7. The van der Waals surface area contributed by atoms with Gasteiger partial charge in [-0.1, -0.05) is 0 Å². The number of fused-ring (bicyclic) bond motifs is 1. The standard InChI is InChI=1S/C9H10F2/c1-2-6-3-4-7-8(5-6)9(7,10)11/h1,6-8H,3-5H2. The van der Waals surface area contributed by atoms with Crippen molar-refractivity contribution in [2.24, 2.45) is 17.8 Å². The van der Waals surface area contributed by atoms with Crippen LogP contribution >= 0.6 is 0 Å². The molecular weight excluding hydrogens is 146 g/mol. The first-order valence-electron chi connectivity index (χ1n) is 4.00. The van der Waals surface area contributed by atoms with Gasteiger partial charge in [-0.3, -0.25) is 0 Å². The van der Waals surface area contributed by atoms with Gasteiger partial charge in [-0.25, -0.2) is 8.78 Å². The van der Waals surface area contributed by atoms with Crippen LogP contribution in [0.2, 0.25) is 0 Å². The predicted octanol–water partition coefficient (Wildman–Crippen LogP) is 2.30. The first kappa shape index (κ1) is 7.09. The Balaban J connectivity index is 2.03. The van der Waals surface area contributed by atoms with E-state index in [1.165, 1.54) is 0 Å². The van der Waals surface area contributed by atoms with Crippen molar-refractivity contribution in [2.75, 3.05) is 0 Å². The smallest absolute Gasteiger partial charge is 0.206 e. The molecule has 0 aromatic heterocycles. The van der Waals surface area contributed by atoms with Crippen LogP contribution in [0.1, 0.15) is 19.3 Å². The Labute approximate surface area is 65.0 Å². The van der Waals surface area contributed by atoms with Crippen molar-refractivity contribution >= 4 is 0 Å². The van der Waals surface area contributed by atoms with E-state index in [-0.39, 0.29) is 17.8 Å². The van der Waals surface area contributed by atoms with E-state index in [1.54, 1.807) is 0 Å². The Morgan fingerprint density at radius 3 is 2.55 bits per heavy atom. The van der Waals surface area contributed by atoms with Gasteiger partial charge in [0.2, 0.25) is 0 Å². The fourth-order valence-corrected chi connectivity index (χ4v) is 2.13. The summed E-state index contributed by atoms with van der Waals surface area (Å²) in [4.78, 5) is 0. The average molecular weight is 156 g/mol. The molecule has 0 N–H and O–H groups in total. The average Bonchev–Trinajstić information content (AvgIpc) is 2.55. The van der Waals surface area contributed by atoms with E-state index < -0.39 is 5.92 Å². The molecule has 0 aromatic carbocycles.